The monoisotopic (exact) mass is 278 g/mol. The lowest BCUT2D eigenvalue weighted by Gasteiger charge is -2.08. The molecule has 0 unspecified atom stereocenters. The Hall–Kier alpha value is -1.53. The molecule has 17 heavy (non-hydrogen) atoms. The summed E-state index contributed by atoms with van der Waals surface area (Å²) in [6.07, 6.45) is 0.00362. The van der Waals surface area contributed by atoms with Crippen molar-refractivity contribution in [3.05, 3.63) is 32.3 Å². The number of halogens is 2. The number of nitrogens with zero attached hydrogens (tertiary/aromatic N) is 1. The molecule has 0 saturated carbocycles. The summed E-state index contributed by atoms with van der Waals surface area (Å²) in [4.78, 5) is 20.4. The van der Waals surface area contributed by atoms with Crippen LogP contribution in [-0.2, 0) is 4.79 Å². The molecule has 0 aliphatic heterocycles. The molecule has 1 amide bonds. The number of rotatable bonds is 5. The highest BCUT2D eigenvalue weighted by Crippen LogP contribution is 2.36. The van der Waals surface area contributed by atoms with Crippen molar-refractivity contribution in [2.45, 2.75) is 6.42 Å². The first-order chi connectivity index (χ1) is 7.91. The van der Waals surface area contributed by atoms with Crippen LogP contribution in [0.25, 0.3) is 0 Å². The summed E-state index contributed by atoms with van der Waals surface area (Å²) in [6.45, 7) is 0.00653. The third-order valence-corrected chi connectivity index (χ3v) is 2.35. The molecule has 0 spiro atoms. The fourth-order valence-electron chi connectivity index (χ4n) is 1.04. The first-order valence-electron chi connectivity index (χ1n) is 4.46. The van der Waals surface area contributed by atoms with E-state index in [1.807, 2.05) is 0 Å². The van der Waals surface area contributed by atoms with Crippen LogP contribution in [0.2, 0.25) is 10.0 Å². The van der Waals surface area contributed by atoms with Gasteiger partial charge in [-0.15, -0.1) is 0 Å². The lowest BCUT2D eigenvalue weighted by Crippen LogP contribution is -2.14. The van der Waals surface area contributed by atoms with E-state index < -0.39 is 10.8 Å². The lowest BCUT2D eigenvalue weighted by atomic mass is 10.3. The molecule has 1 aromatic carbocycles. The zero-order chi connectivity index (χ0) is 13.0. The molecule has 92 valence electrons. The fraction of sp³-hybridized carbons (Fsp3) is 0.222. The van der Waals surface area contributed by atoms with Crippen LogP contribution in [0.1, 0.15) is 6.42 Å². The zero-order valence-electron chi connectivity index (χ0n) is 8.48. The number of hydrogen-bond donors (Lipinski definition) is 1. The van der Waals surface area contributed by atoms with Crippen molar-refractivity contribution in [3.63, 3.8) is 0 Å². The van der Waals surface area contributed by atoms with Crippen LogP contribution in [-0.4, -0.2) is 17.4 Å². The van der Waals surface area contributed by atoms with Crippen molar-refractivity contribution >= 4 is 34.8 Å². The molecular formula is C9H8Cl2N2O4. The second-order valence-electron chi connectivity index (χ2n) is 3.06. The van der Waals surface area contributed by atoms with E-state index in [1.165, 1.54) is 0 Å². The smallest absolute Gasteiger partial charge is 0.272 e. The van der Waals surface area contributed by atoms with E-state index >= 15 is 0 Å². The maximum absolute atomic E-state index is 10.5. The quantitative estimate of drug-likeness (QED) is 0.659. The molecule has 0 bridgehead atoms. The third kappa shape index (κ3) is 3.76. The van der Waals surface area contributed by atoms with Gasteiger partial charge < -0.3 is 10.5 Å². The maximum atomic E-state index is 10.5. The molecule has 0 aromatic heterocycles. The summed E-state index contributed by atoms with van der Waals surface area (Å²) >= 11 is 11.5. The summed E-state index contributed by atoms with van der Waals surface area (Å²) in [5.74, 6) is -0.431. The first-order valence-corrected chi connectivity index (χ1v) is 5.22. The lowest BCUT2D eigenvalue weighted by molar-refractivity contribution is -0.384. The van der Waals surface area contributed by atoms with Gasteiger partial charge in [0.15, 0.2) is 5.75 Å². The van der Waals surface area contributed by atoms with Gasteiger partial charge in [0.1, 0.15) is 0 Å². The van der Waals surface area contributed by atoms with Gasteiger partial charge in [0.05, 0.1) is 28.0 Å². The van der Waals surface area contributed by atoms with Gasteiger partial charge >= 0.3 is 0 Å². The number of carbonyl (C=O) groups is 1. The van der Waals surface area contributed by atoms with Crippen LogP contribution in [0.15, 0.2) is 12.1 Å². The van der Waals surface area contributed by atoms with E-state index in [9.17, 15) is 14.9 Å². The predicted molar refractivity (Wildman–Crippen MR) is 62.4 cm³/mol. The number of hydrogen-bond acceptors (Lipinski definition) is 4. The number of non-ortho nitro benzene ring substituents is 1. The summed E-state index contributed by atoms with van der Waals surface area (Å²) in [6, 6.07) is 2.24. The summed E-state index contributed by atoms with van der Waals surface area (Å²) in [7, 11) is 0. The van der Waals surface area contributed by atoms with Crippen LogP contribution in [0.4, 0.5) is 5.69 Å². The average molecular weight is 279 g/mol. The molecule has 6 nitrogen and oxygen atoms in total. The van der Waals surface area contributed by atoms with Crippen molar-refractivity contribution < 1.29 is 14.5 Å². The van der Waals surface area contributed by atoms with Crippen LogP contribution in [0, 0.1) is 10.1 Å². The van der Waals surface area contributed by atoms with Gasteiger partial charge in [-0.05, 0) is 0 Å². The number of carbonyl (C=O) groups excluding carboxylic acids is 1. The Morgan fingerprint density at radius 2 is 1.94 bits per heavy atom. The van der Waals surface area contributed by atoms with Gasteiger partial charge in [-0.25, -0.2) is 0 Å². The molecule has 0 aliphatic carbocycles. The second-order valence-corrected chi connectivity index (χ2v) is 3.87. The van der Waals surface area contributed by atoms with Gasteiger partial charge in [-0.3, -0.25) is 14.9 Å². The van der Waals surface area contributed by atoms with Crippen molar-refractivity contribution in [2.24, 2.45) is 5.73 Å². The van der Waals surface area contributed by atoms with Gasteiger partial charge in [-0.1, -0.05) is 23.2 Å². The SMILES string of the molecule is NC(=O)CCOc1c(Cl)cc([N+](=O)[O-])cc1Cl. The summed E-state index contributed by atoms with van der Waals surface area (Å²) in [5, 5.41) is 10.5. The van der Waals surface area contributed by atoms with Crippen molar-refractivity contribution in [3.8, 4) is 5.75 Å². The largest absolute Gasteiger partial charge is 0.490 e. The number of nitrogens with two attached hydrogens (primary N) is 1. The van der Waals surface area contributed by atoms with Crippen molar-refractivity contribution in [1.82, 2.24) is 0 Å². The Kier molecular flexibility index (Phi) is 4.53. The van der Waals surface area contributed by atoms with Crippen molar-refractivity contribution in [1.29, 1.82) is 0 Å². The normalized spacial score (nSPS) is 10.0. The Balaban J connectivity index is 2.86. The number of benzene rings is 1. The van der Waals surface area contributed by atoms with Gasteiger partial charge in [0.25, 0.3) is 5.69 Å². The van der Waals surface area contributed by atoms with E-state index in [0.29, 0.717) is 0 Å². The molecule has 0 heterocycles. The number of amides is 1. The molecule has 1 aromatic rings. The van der Waals surface area contributed by atoms with Crippen LogP contribution < -0.4 is 10.5 Å². The van der Waals surface area contributed by atoms with Gasteiger partial charge in [0, 0.05) is 12.1 Å². The number of ether oxygens (including phenoxy) is 1. The summed E-state index contributed by atoms with van der Waals surface area (Å²) < 4.78 is 5.13. The highest BCUT2D eigenvalue weighted by molar-refractivity contribution is 6.37. The number of primary amides is 1. The maximum Gasteiger partial charge on any atom is 0.272 e. The van der Waals surface area contributed by atoms with Gasteiger partial charge in [0.2, 0.25) is 5.91 Å². The van der Waals surface area contributed by atoms with E-state index in [4.69, 9.17) is 33.7 Å². The highest BCUT2D eigenvalue weighted by Gasteiger charge is 2.15. The predicted octanol–water partition coefficient (Wildman–Crippen LogP) is 2.16. The molecule has 1 rings (SSSR count). The molecule has 0 atom stereocenters. The Morgan fingerprint density at radius 3 is 2.35 bits per heavy atom. The van der Waals surface area contributed by atoms with E-state index in [-0.39, 0.29) is 34.5 Å². The third-order valence-electron chi connectivity index (χ3n) is 1.79. The van der Waals surface area contributed by atoms with Gasteiger partial charge in [-0.2, -0.15) is 0 Å². The minimum absolute atomic E-state index is 0.00362. The molecule has 0 fully saturated rings. The minimum Gasteiger partial charge on any atom is -0.490 e. The van der Waals surface area contributed by atoms with Crippen molar-refractivity contribution in [2.75, 3.05) is 6.61 Å². The number of nitro benzene ring substituents is 1. The zero-order valence-corrected chi connectivity index (χ0v) is 9.99. The molecule has 8 heteroatoms. The Morgan fingerprint density at radius 1 is 1.41 bits per heavy atom. The Labute approximate surface area is 106 Å². The van der Waals surface area contributed by atoms with E-state index in [0.717, 1.165) is 12.1 Å². The molecule has 0 radical (unpaired) electrons. The van der Waals surface area contributed by atoms with E-state index in [2.05, 4.69) is 0 Å². The van der Waals surface area contributed by atoms with Crippen LogP contribution >= 0.6 is 23.2 Å². The first kappa shape index (κ1) is 13.5. The average Bonchev–Trinajstić information content (AvgIpc) is 2.21. The fourth-order valence-corrected chi connectivity index (χ4v) is 1.63. The standard InChI is InChI=1S/C9H8Cl2N2O4/c10-6-3-5(13(15)16)4-7(11)9(6)17-2-1-8(12)14/h3-4H,1-2H2,(H2,12,14). The van der Waals surface area contributed by atoms with Crippen LogP contribution in [0.5, 0.6) is 5.75 Å². The number of nitro groups is 1. The Bertz CT molecular complexity index is 441. The molecular weight excluding hydrogens is 271 g/mol. The summed E-state index contributed by atoms with van der Waals surface area (Å²) in [5.41, 5.74) is 4.69. The topological polar surface area (TPSA) is 95.5 Å². The molecule has 0 aliphatic rings. The minimum atomic E-state index is -0.620. The molecule has 0 saturated heterocycles. The van der Waals surface area contributed by atoms with Crippen LogP contribution in [0.3, 0.4) is 0 Å². The second kappa shape index (κ2) is 5.70. The molecule has 2 N–H and O–H groups in total. The highest BCUT2D eigenvalue weighted by atomic mass is 35.5. The van der Waals surface area contributed by atoms with E-state index in [1.54, 1.807) is 0 Å².